The van der Waals surface area contributed by atoms with Gasteiger partial charge in [-0.2, -0.15) is 0 Å². The molecule has 0 aliphatic carbocycles. The first-order chi connectivity index (χ1) is 16.3. The Morgan fingerprint density at radius 2 is 1.53 bits per heavy atom. The number of ether oxygens (including phenoxy) is 1. The van der Waals surface area contributed by atoms with Crippen molar-refractivity contribution in [1.29, 1.82) is 0 Å². The van der Waals surface area contributed by atoms with Crippen molar-refractivity contribution >= 4 is 35.0 Å². The number of carbonyl (C=O) groups is 2. The molecule has 0 radical (unpaired) electrons. The minimum absolute atomic E-state index is 0.0716. The van der Waals surface area contributed by atoms with Gasteiger partial charge < -0.3 is 15.0 Å². The van der Waals surface area contributed by atoms with Crippen molar-refractivity contribution in [3.63, 3.8) is 0 Å². The van der Waals surface area contributed by atoms with Crippen LogP contribution in [0.2, 0.25) is 10.0 Å². The largest absolute Gasteiger partial charge is 0.482 e. The molecular formula is C27H28Cl2N2O3. The van der Waals surface area contributed by atoms with Crippen molar-refractivity contribution in [2.75, 3.05) is 6.61 Å². The second-order valence-electron chi connectivity index (χ2n) is 8.24. The molecule has 0 unspecified atom stereocenters. The number of nitrogens with one attached hydrogen (secondary N) is 1. The van der Waals surface area contributed by atoms with Gasteiger partial charge in [-0.25, -0.2) is 0 Å². The summed E-state index contributed by atoms with van der Waals surface area (Å²) in [6, 6.07) is 23.0. The fraction of sp³-hybridized carbons (Fsp3) is 0.259. The Hall–Kier alpha value is -3.02. The second kappa shape index (κ2) is 12.4. The number of halogens is 2. The second-order valence-corrected chi connectivity index (χ2v) is 9.08. The van der Waals surface area contributed by atoms with Gasteiger partial charge in [-0.15, -0.1) is 0 Å². The summed E-state index contributed by atoms with van der Waals surface area (Å²) in [5, 5.41) is 3.97. The Morgan fingerprint density at radius 1 is 0.882 bits per heavy atom. The monoisotopic (exact) mass is 498 g/mol. The molecule has 0 aromatic heterocycles. The smallest absolute Gasteiger partial charge is 0.261 e. The van der Waals surface area contributed by atoms with Gasteiger partial charge in [0.05, 0.1) is 5.02 Å². The third-order valence-corrected chi connectivity index (χ3v) is 5.72. The van der Waals surface area contributed by atoms with E-state index in [1.54, 1.807) is 41.3 Å². The number of para-hydroxylation sites is 1. The van der Waals surface area contributed by atoms with Crippen LogP contribution >= 0.6 is 23.2 Å². The Bertz CT molecular complexity index is 1090. The molecule has 3 rings (SSSR count). The van der Waals surface area contributed by atoms with Crippen LogP contribution in [0, 0.1) is 0 Å². The van der Waals surface area contributed by atoms with Crippen LogP contribution in [0.25, 0.3) is 0 Å². The third-order valence-electron chi connectivity index (χ3n) is 5.16. The maximum Gasteiger partial charge on any atom is 0.261 e. The highest BCUT2D eigenvalue weighted by Crippen LogP contribution is 2.23. The molecule has 0 saturated heterocycles. The van der Waals surface area contributed by atoms with Crippen molar-refractivity contribution in [2.24, 2.45) is 0 Å². The number of hydrogen-bond donors (Lipinski definition) is 1. The Balaban J connectivity index is 1.91. The zero-order chi connectivity index (χ0) is 24.5. The normalized spacial score (nSPS) is 11.7. The maximum absolute atomic E-state index is 13.5. The summed E-state index contributed by atoms with van der Waals surface area (Å²) in [4.78, 5) is 28.3. The van der Waals surface area contributed by atoms with E-state index in [1.165, 1.54) is 0 Å². The van der Waals surface area contributed by atoms with Crippen LogP contribution in [0.1, 0.15) is 25.0 Å². The number of amides is 2. The van der Waals surface area contributed by atoms with E-state index in [4.69, 9.17) is 27.9 Å². The van der Waals surface area contributed by atoms with Gasteiger partial charge in [0.15, 0.2) is 6.61 Å². The fourth-order valence-corrected chi connectivity index (χ4v) is 3.82. The predicted molar refractivity (Wildman–Crippen MR) is 136 cm³/mol. The van der Waals surface area contributed by atoms with E-state index < -0.39 is 6.04 Å². The van der Waals surface area contributed by atoms with E-state index in [0.717, 1.165) is 11.1 Å². The average Bonchev–Trinajstić information content (AvgIpc) is 2.82. The molecule has 3 aromatic rings. The molecule has 1 N–H and O–H groups in total. The summed E-state index contributed by atoms with van der Waals surface area (Å²) in [7, 11) is 0. The van der Waals surface area contributed by atoms with Crippen LogP contribution in [0.5, 0.6) is 5.75 Å². The SMILES string of the molecule is CC(C)NC(=O)[C@H](Cc1ccccc1)N(Cc1ccc(Cl)cc1)C(=O)COc1ccccc1Cl. The zero-order valence-electron chi connectivity index (χ0n) is 19.2. The van der Waals surface area contributed by atoms with E-state index in [0.29, 0.717) is 22.2 Å². The van der Waals surface area contributed by atoms with Crippen LogP contribution in [-0.4, -0.2) is 35.4 Å². The minimum Gasteiger partial charge on any atom is -0.482 e. The average molecular weight is 499 g/mol. The molecule has 0 fully saturated rings. The van der Waals surface area contributed by atoms with Crippen LogP contribution in [0.4, 0.5) is 0 Å². The number of nitrogens with zero attached hydrogens (tertiary/aromatic N) is 1. The van der Waals surface area contributed by atoms with Gasteiger partial charge >= 0.3 is 0 Å². The summed E-state index contributed by atoms with van der Waals surface area (Å²) < 4.78 is 5.72. The summed E-state index contributed by atoms with van der Waals surface area (Å²) in [5.74, 6) is -0.135. The highest BCUT2D eigenvalue weighted by atomic mass is 35.5. The number of carbonyl (C=O) groups excluding carboxylic acids is 2. The lowest BCUT2D eigenvalue weighted by Gasteiger charge is -2.32. The molecule has 0 heterocycles. The Kier molecular flexibility index (Phi) is 9.37. The molecule has 7 heteroatoms. The van der Waals surface area contributed by atoms with Crippen molar-refractivity contribution in [3.05, 3.63) is 100 Å². The van der Waals surface area contributed by atoms with Gasteiger partial charge in [-0.05, 0) is 49.2 Å². The topological polar surface area (TPSA) is 58.6 Å². The fourth-order valence-electron chi connectivity index (χ4n) is 3.51. The van der Waals surface area contributed by atoms with Gasteiger partial charge in [0.25, 0.3) is 5.91 Å². The van der Waals surface area contributed by atoms with Crippen molar-refractivity contribution in [3.8, 4) is 5.75 Å². The van der Waals surface area contributed by atoms with Crippen molar-refractivity contribution in [2.45, 2.75) is 38.9 Å². The maximum atomic E-state index is 13.5. The predicted octanol–water partition coefficient (Wildman–Crippen LogP) is 5.54. The molecule has 3 aromatic carbocycles. The Morgan fingerprint density at radius 3 is 2.18 bits per heavy atom. The quantitative estimate of drug-likeness (QED) is 0.399. The zero-order valence-corrected chi connectivity index (χ0v) is 20.7. The van der Waals surface area contributed by atoms with Gasteiger partial charge in [0.1, 0.15) is 11.8 Å². The van der Waals surface area contributed by atoms with Crippen molar-refractivity contribution < 1.29 is 14.3 Å². The number of hydrogen-bond acceptors (Lipinski definition) is 3. The number of rotatable bonds is 10. The van der Waals surface area contributed by atoms with Gasteiger partial charge in [-0.1, -0.05) is 77.8 Å². The van der Waals surface area contributed by atoms with Crippen LogP contribution < -0.4 is 10.1 Å². The van der Waals surface area contributed by atoms with Crippen LogP contribution in [-0.2, 0) is 22.6 Å². The molecule has 178 valence electrons. The first-order valence-corrected chi connectivity index (χ1v) is 11.8. The molecule has 2 amide bonds. The van der Waals surface area contributed by atoms with Crippen LogP contribution in [0.3, 0.4) is 0 Å². The molecule has 0 aliphatic heterocycles. The van der Waals surface area contributed by atoms with E-state index in [9.17, 15) is 9.59 Å². The molecule has 1 atom stereocenters. The highest BCUT2D eigenvalue weighted by molar-refractivity contribution is 6.32. The van der Waals surface area contributed by atoms with Crippen molar-refractivity contribution in [1.82, 2.24) is 10.2 Å². The first-order valence-electron chi connectivity index (χ1n) is 11.1. The molecule has 0 aliphatic rings. The lowest BCUT2D eigenvalue weighted by Crippen LogP contribution is -2.52. The highest BCUT2D eigenvalue weighted by Gasteiger charge is 2.31. The molecule has 0 spiro atoms. The third kappa shape index (κ3) is 7.51. The van der Waals surface area contributed by atoms with E-state index >= 15 is 0 Å². The molecule has 5 nitrogen and oxygen atoms in total. The van der Waals surface area contributed by atoms with Gasteiger partial charge in [0.2, 0.25) is 5.91 Å². The standard InChI is InChI=1S/C27H28Cl2N2O3/c1-19(2)30-27(33)24(16-20-8-4-3-5-9-20)31(17-21-12-14-22(28)15-13-21)26(32)18-34-25-11-7-6-10-23(25)29/h3-15,19,24H,16-18H2,1-2H3,(H,30,33)/t24-/m0/s1. The minimum atomic E-state index is -0.733. The lowest BCUT2D eigenvalue weighted by molar-refractivity contribution is -0.143. The summed E-state index contributed by atoms with van der Waals surface area (Å²) >= 11 is 12.2. The van der Waals surface area contributed by atoms with Gasteiger partial charge in [0, 0.05) is 24.0 Å². The number of benzene rings is 3. The first kappa shape index (κ1) is 25.6. The lowest BCUT2D eigenvalue weighted by atomic mass is 10.0. The molecule has 0 bridgehead atoms. The van der Waals surface area contributed by atoms with E-state index in [1.807, 2.05) is 56.3 Å². The summed E-state index contributed by atoms with van der Waals surface area (Å²) in [6.07, 6.45) is 0.366. The summed E-state index contributed by atoms with van der Waals surface area (Å²) in [6.45, 7) is 3.76. The molecule has 0 saturated carbocycles. The van der Waals surface area contributed by atoms with E-state index in [-0.39, 0.29) is 31.0 Å². The van der Waals surface area contributed by atoms with E-state index in [2.05, 4.69) is 5.32 Å². The molecular weight excluding hydrogens is 471 g/mol. The molecule has 34 heavy (non-hydrogen) atoms. The van der Waals surface area contributed by atoms with Crippen LogP contribution in [0.15, 0.2) is 78.9 Å². The van der Waals surface area contributed by atoms with Gasteiger partial charge in [-0.3, -0.25) is 9.59 Å². The summed E-state index contributed by atoms with van der Waals surface area (Å²) in [5.41, 5.74) is 1.80. The Labute approximate surface area is 210 Å².